The van der Waals surface area contributed by atoms with Crippen LogP contribution in [-0.2, 0) is 4.74 Å². The van der Waals surface area contributed by atoms with Gasteiger partial charge in [0.15, 0.2) is 0 Å². The first-order valence-electron chi connectivity index (χ1n) is 3.15. The molecule has 3 heteroatoms. The largest absolute Gasteiger partial charge is 0.390 e. The van der Waals surface area contributed by atoms with E-state index in [1.807, 2.05) is 6.92 Å². The molecule has 1 heterocycles. The monoisotopic (exact) mass is 132 g/mol. The highest BCUT2D eigenvalue weighted by molar-refractivity contribution is 4.76. The van der Waals surface area contributed by atoms with Gasteiger partial charge < -0.3 is 14.9 Å². The Hall–Kier alpha value is -0.120. The predicted octanol–water partition coefficient (Wildman–Crippen LogP) is -0.626. The van der Waals surface area contributed by atoms with Gasteiger partial charge in [-0.1, -0.05) is 6.92 Å². The van der Waals surface area contributed by atoms with E-state index in [-0.39, 0.29) is 12.5 Å². The third kappa shape index (κ3) is 1.41. The summed E-state index contributed by atoms with van der Waals surface area (Å²) in [6.45, 7) is 2.68. The van der Waals surface area contributed by atoms with E-state index in [0.717, 1.165) is 0 Å². The van der Waals surface area contributed by atoms with E-state index in [1.54, 1.807) is 0 Å². The predicted molar refractivity (Wildman–Crippen MR) is 32.0 cm³/mol. The Balaban J connectivity index is 2.41. The lowest BCUT2D eigenvalue weighted by molar-refractivity contribution is -0.115. The molecule has 0 radical (unpaired) electrons. The number of aliphatic hydroxyl groups is 2. The van der Waals surface area contributed by atoms with Crippen molar-refractivity contribution in [3.63, 3.8) is 0 Å². The molecule has 1 rings (SSSR count). The van der Waals surface area contributed by atoms with Crippen molar-refractivity contribution in [3.8, 4) is 0 Å². The third-order valence-electron chi connectivity index (χ3n) is 1.65. The van der Waals surface area contributed by atoms with Gasteiger partial charge in [0, 0.05) is 5.92 Å². The van der Waals surface area contributed by atoms with Crippen molar-refractivity contribution in [2.24, 2.45) is 5.92 Å². The Morgan fingerprint density at radius 3 is 2.44 bits per heavy atom. The molecule has 0 aliphatic carbocycles. The maximum atomic E-state index is 9.12. The summed E-state index contributed by atoms with van der Waals surface area (Å²) in [5.41, 5.74) is 0. The summed E-state index contributed by atoms with van der Waals surface area (Å²) in [6.07, 6.45) is -1.28. The number of hydrogen-bond acceptors (Lipinski definition) is 3. The highest BCUT2D eigenvalue weighted by Crippen LogP contribution is 2.13. The molecule has 0 saturated carbocycles. The third-order valence-corrected chi connectivity index (χ3v) is 1.65. The maximum absolute atomic E-state index is 9.12. The zero-order chi connectivity index (χ0) is 6.85. The highest BCUT2D eigenvalue weighted by Gasteiger charge is 2.27. The van der Waals surface area contributed by atoms with E-state index < -0.39 is 12.2 Å². The minimum atomic E-state index is -0.686. The van der Waals surface area contributed by atoms with Gasteiger partial charge in [-0.15, -0.1) is 0 Å². The van der Waals surface area contributed by atoms with Crippen molar-refractivity contribution >= 4 is 0 Å². The van der Waals surface area contributed by atoms with Crippen LogP contribution in [0.4, 0.5) is 0 Å². The Morgan fingerprint density at radius 1 is 1.33 bits per heavy atom. The second kappa shape index (κ2) is 2.64. The molecule has 0 bridgehead atoms. The van der Waals surface area contributed by atoms with Gasteiger partial charge >= 0.3 is 0 Å². The molecular formula is C6H12O3. The minimum Gasteiger partial charge on any atom is -0.390 e. The van der Waals surface area contributed by atoms with E-state index in [0.29, 0.717) is 6.61 Å². The van der Waals surface area contributed by atoms with Crippen LogP contribution >= 0.6 is 0 Å². The van der Waals surface area contributed by atoms with Crippen molar-refractivity contribution in [1.29, 1.82) is 0 Å². The summed E-state index contributed by atoms with van der Waals surface area (Å²) in [5.74, 6) is 0.0637. The number of hydrogen-bond donors (Lipinski definition) is 2. The molecule has 3 nitrogen and oxygen atoms in total. The van der Waals surface area contributed by atoms with E-state index in [4.69, 9.17) is 14.9 Å². The van der Waals surface area contributed by atoms with Crippen molar-refractivity contribution in [1.82, 2.24) is 0 Å². The molecule has 0 aromatic carbocycles. The quantitative estimate of drug-likeness (QED) is 0.461. The molecule has 2 N–H and O–H groups in total. The zero-order valence-corrected chi connectivity index (χ0v) is 5.45. The standard InChI is InChI=1S/C6H12O3/c1-4-2-9-3-5(7)6(4)8/h4-8H,2-3H2,1H3/t4?,5?,6-/m1/s1. The van der Waals surface area contributed by atoms with Crippen molar-refractivity contribution in [2.75, 3.05) is 13.2 Å². The summed E-state index contributed by atoms with van der Waals surface area (Å²) < 4.78 is 4.95. The molecule has 2 unspecified atom stereocenters. The number of rotatable bonds is 0. The molecule has 54 valence electrons. The van der Waals surface area contributed by atoms with Crippen LogP contribution in [0.2, 0.25) is 0 Å². The molecule has 1 fully saturated rings. The lowest BCUT2D eigenvalue weighted by Gasteiger charge is -2.28. The van der Waals surface area contributed by atoms with Crippen molar-refractivity contribution in [3.05, 3.63) is 0 Å². The molecule has 1 aliphatic heterocycles. The second-order valence-corrected chi connectivity index (χ2v) is 2.57. The smallest absolute Gasteiger partial charge is 0.103 e. The first kappa shape index (κ1) is 6.99. The molecule has 0 amide bonds. The summed E-state index contributed by atoms with van der Waals surface area (Å²) in [6, 6.07) is 0. The highest BCUT2D eigenvalue weighted by atomic mass is 16.5. The molecule has 1 saturated heterocycles. The van der Waals surface area contributed by atoms with E-state index in [2.05, 4.69) is 0 Å². The van der Waals surface area contributed by atoms with Crippen LogP contribution in [0.1, 0.15) is 6.92 Å². The van der Waals surface area contributed by atoms with Gasteiger partial charge in [-0.05, 0) is 0 Å². The van der Waals surface area contributed by atoms with Gasteiger partial charge in [0.1, 0.15) is 6.10 Å². The topological polar surface area (TPSA) is 49.7 Å². The van der Waals surface area contributed by atoms with Crippen LogP contribution in [0.3, 0.4) is 0 Å². The molecule has 9 heavy (non-hydrogen) atoms. The summed E-state index contributed by atoms with van der Waals surface area (Å²) >= 11 is 0. The Bertz CT molecular complexity index is 84.3. The summed E-state index contributed by atoms with van der Waals surface area (Å²) in [7, 11) is 0. The first-order chi connectivity index (χ1) is 4.22. The lowest BCUT2D eigenvalue weighted by atomic mass is 9.99. The maximum Gasteiger partial charge on any atom is 0.103 e. The van der Waals surface area contributed by atoms with Crippen LogP contribution in [0.25, 0.3) is 0 Å². The van der Waals surface area contributed by atoms with Gasteiger partial charge in [0.25, 0.3) is 0 Å². The SMILES string of the molecule is CC1COCC(O)[C@@H]1O. The van der Waals surface area contributed by atoms with Gasteiger partial charge in [0.2, 0.25) is 0 Å². The Labute approximate surface area is 54.3 Å². The van der Waals surface area contributed by atoms with Gasteiger partial charge in [-0.25, -0.2) is 0 Å². The fourth-order valence-electron chi connectivity index (χ4n) is 0.951. The molecular weight excluding hydrogens is 120 g/mol. The van der Waals surface area contributed by atoms with E-state index in [9.17, 15) is 0 Å². The van der Waals surface area contributed by atoms with Crippen molar-refractivity contribution < 1.29 is 14.9 Å². The van der Waals surface area contributed by atoms with Crippen LogP contribution in [-0.4, -0.2) is 35.6 Å². The Morgan fingerprint density at radius 2 is 2.00 bits per heavy atom. The molecule has 0 spiro atoms. The van der Waals surface area contributed by atoms with E-state index >= 15 is 0 Å². The second-order valence-electron chi connectivity index (χ2n) is 2.57. The summed E-state index contributed by atoms with van der Waals surface area (Å²) in [5, 5.41) is 18.1. The summed E-state index contributed by atoms with van der Waals surface area (Å²) in [4.78, 5) is 0. The average Bonchev–Trinajstić information content (AvgIpc) is 1.83. The number of ether oxygens (including phenoxy) is 1. The minimum absolute atomic E-state index is 0.0637. The van der Waals surface area contributed by atoms with Crippen LogP contribution in [0.5, 0.6) is 0 Å². The van der Waals surface area contributed by atoms with Crippen LogP contribution in [0.15, 0.2) is 0 Å². The molecule has 0 aromatic heterocycles. The van der Waals surface area contributed by atoms with Gasteiger partial charge in [0.05, 0.1) is 19.3 Å². The van der Waals surface area contributed by atoms with Gasteiger partial charge in [-0.3, -0.25) is 0 Å². The van der Waals surface area contributed by atoms with Crippen LogP contribution < -0.4 is 0 Å². The number of aliphatic hydroxyl groups excluding tert-OH is 2. The average molecular weight is 132 g/mol. The molecule has 3 atom stereocenters. The fraction of sp³-hybridized carbons (Fsp3) is 1.00. The lowest BCUT2D eigenvalue weighted by Crippen LogP contribution is -2.42. The zero-order valence-electron chi connectivity index (χ0n) is 5.45. The fourth-order valence-corrected chi connectivity index (χ4v) is 0.951. The Kier molecular flexibility index (Phi) is 2.05. The van der Waals surface area contributed by atoms with Crippen LogP contribution in [0, 0.1) is 5.92 Å². The molecule has 0 aromatic rings. The van der Waals surface area contributed by atoms with E-state index in [1.165, 1.54) is 0 Å². The molecule has 1 aliphatic rings. The van der Waals surface area contributed by atoms with Gasteiger partial charge in [-0.2, -0.15) is 0 Å². The normalized spacial score (nSPS) is 45.0. The first-order valence-corrected chi connectivity index (χ1v) is 3.15. The van der Waals surface area contributed by atoms with Crippen molar-refractivity contribution in [2.45, 2.75) is 19.1 Å².